The Balaban J connectivity index is 1.32. The number of rotatable bonds is 5. The maximum Gasteiger partial charge on any atom is 0.238 e. The molecule has 1 aromatic rings. The van der Waals surface area contributed by atoms with Gasteiger partial charge < -0.3 is 19.1 Å². The molecule has 0 amide bonds. The van der Waals surface area contributed by atoms with Gasteiger partial charge in [-0.3, -0.25) is 9.89 Å². The SMILES string of the molecule is C/N=C(/CN1CCC(c2cccc3c2O[C@H](C)O3)CC1)N(C)C[C@@H]1CCO1. The summed E-state index contributed by atoms with van der Waals surface area (Å²) in [7, 11) is 4.02. The first-order chi connectivity index (χ1) is 13.1. The molecule has 0 spiro atoms. The van der Waals surface area contributed by atoms with Gasteiger partial charge in [-0.15, -0.1) is 0 Å². The molecule has 3 heterocycles. The Morgan fingerprint density at radius 1 is 1.22 bits per heavy atom. The van der Waals surface area contributed by atoms with Crippen molar-refractivity contribution >= 4 is 5.84 Å². The number of para-hydroxylation sites is 1. The number of nitrogens with zero attached hydrogens (tertiary/aromatic N) is 3. The van der Waals surface area contributed by atoms with E-state index in [1.165, 1.54) is 12.0 Å². The van der Waals surface area contributed by atoms with Crippen molar-refractivity contribution < 1.29 is 14.2 Å². The molecule has 0 aliphatic carbocycles. The van der Waals surface area contributed by atoms with Crippen molar-refractivity contribution in [2.24, 2.45) is 4.99 Å². The molecule has 0 radical (unpaired) electrons. The molecule has 0 saturated carbocycles. The Labute approximate surface area is 162 Å². The standard InChI is InChI=1S/C21H31N3O3/c1-15-26-19-6-4-5-18(21(19)27-15)16-7-10-24(11-8-16)14-20(22-2)23(3)13-17-9-12-25-17/h4-6,15-17H,7-14H2,1-3H3/b22-20-/t15-,17+/m1/s1. The molecule has 2 atom stereocenters. The van der Waals surface area contributed by atoms with E-state index in [1.807, 2.05) is 20.0 Å². The van der Waals surface area contributed by atoms with Crippen LogP contribution in [0.4, 0.5) is 0 Å². The highest BCUT2D eigenvalue weighted by Crippen LogP contribution is 2.43. The summed E-state index contributed by atoms with van der Waals surface area (Å²) in [6, 6.07) is 6.29. The Bertz CT molecular complexity index is 681. The number of fused-ring (bicyclic) bond motifs is 1. The first-order valence-corrected chi connectivity index (χ1v) is 10.1. The van der Waals surface area contributed by atoms with E-state index in [0.29, 0.717) is 12.0 Å². The van der Waals surface area contributed by atoms with Crippen molar-refractivity contribution in [1.29, 1.82) is 0 Å². The van der Waals surface area contributed by atoms with Crippen molar-refractivity contribution in [3.8, 4) is 11.5 Å². The third-order valence-corrected chi connectivity index (χ3v) is 5.95. The summed E-state index contributed by atoms with van der Waals surface area (Å²) in [5.74, 6) is 3.53. The summed E-state index contributed by atoms with van der Waals surface area (Å²) in [6.07, 6.45) is 3.64. The van der Waals surface area contributed by atoms with Gasteiger partial charge in [0.05, 0.1) is 12.6 Å². The van der Waals surface area contributed by atoms with Gasteiger partial charge in [0.25, 0.3) is 0 Å². The molecule has 6 nitrogen and oxygen atoms in total. The first kappa shape index (κ1) is 18.6. The minimum absolute atomic E-state index is 0.181. The second-order valence-electron chi connectivity index (χ2n) is 7.83. The van der Waals surface area contributed by atoms with Gasteiger partial charge in [0.15, 0.2) is 11.5 Å². The van der Waals surface area contributed by atoms with E-state index < -0.39 is 0 Å². The number of amidine groups is 1. The van der Waals surface area contributed by atoms with Crippen LogP contribution in [-0.2, 0) is 4.74 Å². The Kier molecular flexibility index (Phi) is 5.55. The fourth-order valence-corrected chi connectivity index (χ4v) is 4.25. The molecule has 2 saturated heterocycles. The number of hydrogen-bond donors (Lipinski definition) is 0. The normalized spacial score (nSPS) is 26.1. The molecular weight excluding hydrogens is 342 g/mol. The smallest absolute Gasteiger partial charge is 0.238 e. The van der Waals surface area contributed by atoms with Crippen LogP contribution >= 0.6 is 0 Å². The monoisotopic (exact) mass is 373 g/mol. The largest absolute Gasteiger partial charge is 0.451 e. The van der Waals surface area contributed by atoms with E-state index in [2.05, 4.69) is 34.0 Å². The minimum atomic E-state index is -0.181. The zero-order chi connectivity index (χ0) is 18.8. The zero-order valence-electron chi connectivity index (χ0n) is 16.7. The lowest BCUT2D eigenvalue weighted by Gasteiger charge is -2.36. The Hall–Kier alpha value is -1.79. The van der Waals surface area contributed by atoms with E-state index in [9.17, 15) is 0 Å². The number of aliphatic imine (C=N–C) groups is 1. The van der Waals surface area contributed by atoms with Gasteiger partial charge in [-0.2, -0.15) is 0 Å². The van der Waals surface area contributed by atoms with Crippen LogP contribution in [0.3, 0.4) is 0 Å². The maximum atomic E-state index is 5.91. The lowest BCUT2D eigenvalue weighted by molar-refractivity contribution is -0.0571. The summed E-state index contributed by atoms with van der Waals surface area (Å²) in [5, 5.41) is 0. The van der Waals surface area contributed by atoms with Crippen molar-refractivity contribution in [3.05, 3.63) is 23.8 Å². The molecule has 3 aliphatic heterocycles. The predicted molar refractivity (Wildman–Crippen MR) is 106 cm³/mol. The highest BCUT2D eigenvalue weighted by Gasteiger charge is 2.30. The van der Waals surface area contributed by atoms with Crippen LogP contribution in [0.5, 0.6) is 11.5 Å². The second-order valence-corrected chi connectivity index (χ2v) is 7.83. The highest BCUT2D eigenvalue weighted by molar-refractivity contribution is 5.84. The summed E-state index contributed by atoms with van der Waals surface area (Å²) in [4.78, 5) is 9.31. The van der Waals surface area contributed by atoms with Crippen LogP contribution in [0.2, 0.25) is 0 Å². The number of likely N-dealkylation sites (tertiary alicyclic amines) is 1. The van der Waals surface area contributed by atoms with Crippen LogP contribution in [0.1, 0.15) is 37.7 Å². The number of piperidine rings is 1. The Morgan fingerprint density at radius 2 is 2.00 bits per heavy atom. The lowest BCUT2D eigenvalue weighted by atomic mass is 9.88. The minimum Gasteiger partial charge on any atom is -0.451 e. The molecule has 2 fully saturated rings. The van der Waals surface area contributed by atoms with Gasteiger partial charge >= 0.3 is 0 Å². The molecular formula is C21H31N3O3. The van der Waals surface area contributed by atoms with Crippen LogP contribution in [0.25, 0.3) is 0 Å². The van der Waals surface area contributed by atoms with Gasteiger partial charge in [-0.05, 0) is 44.3 Å². The van der Waals surface area contributed by atoms with Crippen molar-refractivity contribution in [3.63, 3.8) is 0 Å². The van der Waals surface area contributed by atoms with Crippen LogP contribution < -0.4 is 9.47 Å². The number of hydrogen-bond acceptors (Lipinski definition) is 5. The molecule has 27 heavy (non-hydrogen) atoms. The summed E-state index contributed by atoms with van der Waals surface area (Å²) < 4.78 is 17.2. The molecule has 148 valence electrons. The number of likely N-dealkylation sites (N-methyl/N-ethyl adjacent to an activating group) is 1. The van der Waals surface area contributed by atoms with Crippen LogP contribution in [-0.4, -0.2) is 74.9 Å². The Morgan fingerprint density at radius 3 is 2.67 bits per heavy atom. The molecule has 0 N–H and O–H groups in total. The predicted octanol–water partition coefficient (Wildman–Crippen LogP) is 2.73. The van der Waals surface area contributed by atoms with Crippen molar-refractivity contribution in [2.45, 2.75) is 44.5 Å². The number of ether oxygens (including phenoxy) is 3. The van der Waals surface area contributed by atoms with Gasteiger partial charge in [0.1, 0.15) is 5.84 Å². The van der Waals surface area contributed by atoms with E-state index >= 15 is 0 Å². The lowest BCUT2D eigenvalue weighted by Crippen LogP contribution is -2.46. The molecule has 0 unspecified atom stereocenters. The van der Waals surface area contributed by atoms with E-state index in [0.717, 1.165) is 63.0 Å². The van der Waals surface area contributed by atoms with Crippen LogP contribution in [0.15, 0.2) is 23.2 Å². The third-order valence-electron chi connectivity index (χ3n) is 5.95. The quantitative estimate of drug-likeness (QED) is 0.587. The average molecular weight is 373 g/mol. The third kappa shape index (κ3) is 4.06. The van der Waals surface area contributed by atoms with Gasteiger partial charge in [0.2, 0.25) is 6.29 Å². The molecule has 4 rings (SSSR count). The zero-order valence-corrected chi connectivity index (χ0v) is 16.7. The topological polar surface area (TPSA) is 46.5 Å². The second kappa shape index (κ2) is 8.07. The van der Waals surface area contributed by atoms with Crippen molar-refractivity contribution in [1.82, 2.24) is 9.80 Å². The van der Waals surface area contributed by atoms with E-state index in [-0.39, 0.29) is 6.29 Å². The van der Waals surface area contributed by atoms with Gasteiger partial charge in [0, 0.05) is 39.7 Å². The van der Waals surface area contributed by atoms with Crippen LogP contribution in [0, 0.1) is 0 Å². The van der Waals surface area contributed by atoms with Crippen molar-refractivity contribution in [2.75, 3.05) is 46.9 Å². The highest BCUT2D eigenvalue weighted by atomic mass is 16.7. The van der Waals surface area contributed by atoms with Gasteiger partial charge in [-0.1, -0.05) is 12.1 Å². The summed E-state index contributed by atoms with van der Waals surface area (Å²) >= 11 is 0. The van der Waals surface area contributed by atoms with Gasteiger partial charge in [-0.25, -0.2) is 0 Å². The summed E-state index contributed by atoms with van der Waals surface area (Å²) in [6.45, 7) is 6.87. The van der Waals surface area contributed by atoms with E-state index in [4.69, 9.17) is 14.2 Å². The molecule has 6 heteroatoms. The maximum absolute atomic E-state index is 5.91. The molecule has 3 aliphatic rings. The fraction of sp³-hybridized carbons (Fsp3) is 0.667. The number of benzene rings is 1. The molecule has 1 aromatic carbocycles. The average Bonchev–Trinajstić information content (AvgIpc) is 3.03. The summed E-state index contributed by atoms with van der Waals surface area (Å²) in [5.41, 5.74) is 1.31. The van der Waals surface area contributed by atoms with E-state index in [1.54, 1.807) is 0 Å². The fourth-order valence-electron chi connectivity index (χ4n) is 4.25. The molecule has 0 bridgehead atoms. The first-order valence-electron chi connectivity index (χ1n) is 10.1. The molecule has 0 aromatic heterocycles.